The lowest BCUT2D eigenvalue weighted by molar-refractivity contribution is -0.106. The number of sulfonamides is 1. The van der Waals surface area contributed by atoms with Crippen LogP contribution in [0.5, 0.6) is 0 Å². The van der Waals surface area contributed by atoms with Gasteiger partial charge in [0.2, 0.25) is 15.0 Å². The van der Waals surface area contributed by atoms with Crippen LogP contribution in [0.4, 0.5) is 35.4 Å². The quantitative estimate of drug-likeness (QED) is 0.169. The zero-order valence-electron chi connectivity index (χ0n) is 22.3. The Hall–Kier alpha value is -2.81. The number of carbonyl (C=O) groups is 1. The molecule has 0 radical (unpaired) electrons. The molecule has 0 aliphatic carbocycles. The van der Waals surface area contributed by atoms with Gasteiger partial charge in [0.1, 0.15) is 5.69 Å². The number of anilines is 2. The molecule has 2 aromatic rings. The van der Waals surface area contributed by atoms with E-state index in [1.807, 2.05) is 0 Å². The lowest BCUT2D eigenvalue weighted by Crippen LogP contribution is -2.39. The van der Waals surface area contributed by atoms with Crippen molar-refractivity contribution in [2.45, 2.75) is 84.5 Å². The van der Waals surface area contributed by atoms with Gasteiger partial charge < -0.3 is 9.64 Å². The van der Waals surface area contributed by atoms with Crippen LogP contribution >= 0.6 is 11.3 Å². The van der Waals surface area contributed by atoms with Crippen LogP contribution in [-0.4, -0.2) is 55.2 Å². The SMILES string of the molecule is CCCCCN1c2cc(NS(=O)(=O)CC(F)(F)F)c(N=Nc3nnc(C(=O)OC(C)C)s3)cc2CCC1CC. The second-order valence-electron chi connectivity index (χ2n) is 9.52. The summed E-state index contributed by atoms with van der Waals surface area (Å²) >= 11 is 0.820. The van der Waals surface area contributed by atoms with E-state index in [2.05, 4.69) is 43.9 Å². The Morgan fingerprint density at radius 3 is 2.62 bits per heavy atom. The molecule has 2 heterocycles. The number of esters is 1. The summed E-state index contributed by atoms with van der Waals surface area (Å²) in [6.45, 7) is 8.29. The first kappa shape index (κ1) is 30.7. The van der Waals surface area contributed by atoms with E-state index in [9.17, 15) is 26.4 Å². The number of nitrogens with zero attached hydrogens (tertiary/aromatic N) is 5. The summed E-state index contributed by atoms with van der Waals surface area (Å²) in [4.78, 5) is 14.2. The maximum absolute atomic E-state index is 13.0. The molecule has 3 rings (SSSR count). The molecule has 10 nitrogen and oxygen atoms in total. The number of rotatable bonds is 12. The second-order valence-corrected chi connectivity index (χ2v) is 12.2. The Morgan fingerprint density at radius 2 is 1.97 bits per heavy atom. The number of benzene rings is 1. The van der Waals surface area contributed by atoms with E-state index in [4.69, 9.17) is 4.74 Å². The standard InChI is InChI=1S/C24H33F3N6O4S2/c1-5-7-8-11-33-17(6-2)10-9-16-12-18(19(13-20(16)33)32-39(35,36)14-24(25,26)27)28-30-23-31-29-21(38-23)22(34)37-15(3)4/h12-13,15,17,32H,5-11,14H2,1-4H3. The van der Waals surface area contributed by atoms with Crippen molar-refractivity contribution in [2.75, 3.05) is 21.9 Å². The van der Waals surface area contributed by atoms with Gasteiger partial charge in [0.15, 0.2) is 5.75 Å². The molecule has 1 aliphatic rings. The van der Waals surface area contributed by atoms with Gasteiger partial charge in [-0.05, 0) is 57.2 Å². The van der Waals surface area contributed by atoms with E-state index in [-0.39, 0.29) is 33.7 Å². The summed E-state index contributed by atoms with van der Waals surface area (Å²) in [7, 11) is -4.78. The highest BCUT2D eigenvalue weighted by Crippen LogP contribution is 2.41. The highest BCUT2D eigenvalue weighted by Gasteiger charge is 2.36. The molecule has 1 aromatic heterocycles. The topological polar surface area (TPSA) is 126 Å². The van der Waals surface area contributed by atoms with Crippen molar-refractivity contribution in [3.05, 3.63) is 22.7 Å². The first-order valence-electron chi connectivity index (χ1n) is 12.8. The first-order chi connectivity index (χ1) is 18.3. The average Bonchev–Trinajstić information content (AvgIpc) is 3.30. The van der Waals surface area contributed by atoms with Gasteiger partial charge in [-0.1, -0.05) is 38.0 Å². The van der Waals surface area contributed by atoms with E-state index in [1.165, 1.54) is 6.07 Å². The van der Waals surface area contributed by atoms with Crippen molar-refractivity contribution in [1.29, 1.82) is 0 Å². The van der Waals surface area contributed by atoms with Gasteiger partial charge in [0.25, 0.3) is 5.13 Å². The summed E-state index contributed by atoms with van der Waals surface area (Å²) < 4.78 is 70.8. The van der Waals surface area contributed by atoms with Crippen molar-refractivity contribution in [1.82, 2.24) is 10.2 Å². The van der Waals surface area contributed by atoms with Crippen LogP contribution in [0.1, 0.15) is 75.2 Å². The van der Waals surface area contributed by atoms with Gasteiger partial charge in [-0.3, -0.25) is 4.72 Å². The predicted molar refractivity (Wildman–Crippen MR) is 144 cm³/mol. The maximum atomic E-state index is 13.0. The third-order valence-electron chi connectivity index (χ3n) is 5.96. The Balaban J connectivity index is 2.00. The monoisotopic (exact) mass is 590 g/mol. The largest absolute Gasteiger partial charge is 0.458 e. The summed E-state index contributed by atoms with van der Waals surface area (Å²) in [6.07, 6.45) is 0.152. The van der Waals surface area contributed by atoms with Crippen molar-refractivity contribution in [2.24, 2.45) is 10.2 Å². The third-order valence-corrected chi connectivity index (χ3v) is 7.99. The number of unbranched alkanes of at least 4 members (excludes halogenated alkanes) is 2. The predicted octanol–water partition coefficient (Wildman–Crippen LogP) is 6.54. The summed E-state index contributed by atoms with van der Waals surface area (Å²) in [5.41, 5.74) is 1.57. The Bertz CT molecular complexity index is 1280. The van der Waals surface area contributed by atoms with Crippen LogP contribution in [0.25, 0.3) is 0 Å². The van der Waals surface area contributed by atoms with E-state index in [0.717, 1.165) is 61.2 Å². The van der Waals surface area contributed by atoms with E-state index < -0.39 is 27.9 Å². The Kier molecular flexibility index (Phi) is 10.3. The molecule has 1 N–H and O–H groups in total. The number of fused-ring (bicyclic) bond motifs is 1. The fraction of sp³-hybridized carbons (Fsp3) is 0.625. The molecule has 0 fully saturated rings. The normalized spacial score (nSPS) is 16.1. The van der Waals surface area contributed by atoms with Crippen LogP contribution in [0.2, 0.25) is 0 Å². The number of alkyl halides is 3. The summed E-state index contributed by atoms with van der Waals surface area (Å²) in [5, 5.41) is 15.5. The molecular formula is C24H33F3N6O4S2. The number of halogens is 3. The molecular weight excluding hydrogens is 557 g/mol. The number of aryl methyl sites for hydroxylation is 1. The fourth-order valence-electron chi connectivity index (χ4n) is 4.31. The van der Waals surface area contributed by atoms with E-state index >= 15 is 0 Å². The Morgan fingerprint density at radius 1 is 1.23 bits per heavy atom. The molecule has 39 heavy (non-hydrogen) atoms. The second kappa shape index (κ2) is 13.0. The number of carbonyl (C=O) groups excluding carboxylic acids is 1. The zero-order chi connectivity index (χ0) is 28.8. The highest BCUT2D eigenvalue weighted by atomic mass is 32.2. The molecule has 1 atom stereocenters. The number of azo groups is 1. The number of hydrogen-bond acceptors (Lipinski definition) is 10. The lowest BCUT2D eigenvalue weighted by atomic mass is 9.93. The highest BCUT2D eigenvalue weighted by molar-refractivity contribution is 7.92. The third kappa shape index (κ3) is 8.85. The fourth-order valence-corrected chi connectivity index (χ4v) is 5.86. The molecule has 1 aliphatic heterocycles. The minimum Gasteiger partial charge on any atom is -0.458 e. The van der Waals surface area contributed by atoms with E-state index in [1.54, 1.807) is 19.9 Å². The van der Waals surface area contributed by atoms with Crippen LogP contribution in [0, 0.1) is 0 Å². The van der Waals surface area contributed by atoms with Crippen molar-refractivity contribution in [3.8, 4) is 0 Å². The minimum absolute atomic E-state index is 0.000218. The minimum atomic E-state index is -4.92. The van der Waals surface area contributed by atoms with Crippen LogP contribution in [-0.2, 0) is 21.2 Å². The molecule has 0 saturated heterocycles. The van der Waals surface area contributed by atoms with Crippen LogP contribution < -0.4 is 9.62 Å². The number of nitrogens with one attached hydrogen (secondary N) is 1. The van der Waals surface area contributed by atoms with Gasteiger partial charge in [0, 0.05) is 18.3 Å². The van der Waals surface area contributed by atoms with Crippen molar-refractivity contribution >= 4 is 49.5 Å². The molecule has 0 bridgehead atoms. The van der Waals surface area contributed by atoms with Crippen molar-refractivity contribution < 1.29 is 31.1 Å². The van der Waals surface area contributed by atoms with Crippen molar-refractivity contribution in [3.63, 3.8) is 0 Å². The first-order valence-corrected chi connectivity index (χ1v) is 15.3. The number of aromatic nitrogens is 2. The number of hydrogen-bond donors (Lipinski definition) is 1. The van der Waals surface area contributed by atoms with Gasteiger partial charge in [-0.25, -0.2) is 13.2 Å². The number of ether oxygens (including phenoxy) is 1. The van der Waals surface area contributed by atoms with Gasteiger partial charge >= 0.3 is 12.1 Å². The lowest BCUT2D eigenvalue weighted by Gasteiger charge is -2.39. The molecule has 0 spiro atoms. The zero-order valence-corrected chi connectivity index (χ0v) is 23.9. The van der Waals surface area contributed by atoms with Gasteiger partial charge in [-0.15, -0.1) is 20.4 Å². The average molecular weight is 591 g/mol. The van der Waals surface area contributed by atoms with Crippen LogP contribution in [0.15, 0.2) is 22.4 Å². The Labute approximate surface area is 230 Å². The smallest absolute Gasteiger partial charge is 0.404 e. The maximum Gasteiger partial charge on any atom is 0.404 e. The van der Waals surface area contributed by atoms with Gasteiger partial charge in [0.05, 0.1) is 11.8 Å². The van der Waals surface area contributed by atoms with E-state index in [0.29, 0.717) is 6.42 Å². The molecule has 15 heteroatoms. The summed E-state index contributed by atoms with van der Waals surface area (Å²) in [6, 6.07) is 3.40. The molecule has 1 unspecified atom stereocenters. The molecule has 1 aromatic carbocycles. The summed E-state index contributed by atoms with van der Waals surface area (Å²) in [5.74, 6) is -2.71. The molecule has 0 saturated carbocycles. The molecule has 216 valence electrons. The van der Waals surface area contributed by atoms with Crippen LogP contribution in [0.3, 0.4) is 0 Å². The molecule has 0 amide bonds. The van der Waals surface area contributed by atoms with Gasteiger partial charge in [-0.2, -0.15) is 13.2 Å².